The van der Waals surface area contributed by atoms with Gasteiger partial charge in [-0.3, -0.25) is 14.5 Å². The summed E-state index contributed by atoms with van der Waals surface area (Å²) in [5.41, 5.74) is -0.414. The second-order valence-corrected chi connectivity index (χ2v) is 6.77. The van der Waals surface area contributed by atoms with E-state index < -0.39 is 5.54 Å². The number of hydrogen-bond donors (Lipinski definition) is 1. The molecule has 3 heterocycles. The second kappa shape index (κ2) is 6.54. The molecule has 0 aromatic rings. The minimum Gasteiger partial charge on any atom is -0.381 e. The maximum atomic E-state index is 12.6. The van der Waals surface area contributed by atoms with Crippen LogP contribution < -0.4 is 5.32 Å². The van der Waals surface area contributed by atoms with Crippen molar-refractivity contribution in [1.29, 1.82) is 0 Å². The fourth-order valence-electron chi connectivity index (χ4n) is 3.98. The summed E-state index contributed by atoms with van der Waals surface area (Å²) in [6.45, 7) is 4.46. The molecule has 22 heavy (non-hydrogen) atoms. The first-order chi connectivity index (χ1) is 10.6. The Hall–Kier alpha value is -1.14. The van der Waals surface area contributed by atoms with Crippen LogP contribution in [0, 0.1) is 5.92 Å². The number of likely N-dealkylation sites (N-methyl/N-ethyl adjacent to an activating group) is 1. The summed E-state index contributed by atoms with van der Waals surface area (Å²) in [4.78, 5) is 29.3. The molecule has 6 nitrogen and oxygen atoms in total. The van der Waals surface area contributed by atoms with Gasteiger partial charge in [0.2, 0.25) is 11.8 Å². The Morgan fingerprint density at radius 3 is 2.59 bits per heavy atom. The first-order valence-corrected chi connectivity index (χ1v) is 8.49. The van der Waals surface area contributed by atoms with E-state index >= 15 is 0 Å². The Balaban J connectivity index is 1.63. The number of carbonyl (C=O) groups excluding carboxylic acids is 2. The summed E-state index contributed by atoms with van der Waals surface area (Å²) in [6, 6.07) is 0. The molecule has 1 N–H and O–H groups in total. The standard InChI is InChI=1S/C16H27N3O3/c1-18-8-2-7-17-15(21)16(18)5-9-19(10-6-16)14(20)13-3-11-22-12-4-13/h13H,2-12H2,1H3,(H,17,21). The number of piperidine rings is 1. The summed E-state index contributed by atoms with van der Waals surface area (Å²) in [5.74, 6) is 0.518. The highest BCUT2D eigenvalue weighted by Gasteiger charge is 2.46. The van der Waals surface area contributed by atoms with Crippen LogP contribution in [-0.2, 0) is 14.3 Å². The molecule has 0 radical (unpaired) electrons. The number of rotatable bonds is 1. The lowest BCUT2D eigenvalue weighted by Crippen LogP contribution is -2.61. The summed E-state index contributed by atoms with van der Waals surface area (Å²) >= 11 is 0. The van der Waals surface area contributed by atoms with E-state index in [1.165, 1.54) is 0 Å². The number of ether oxygens (including phenoxy) is 1. The Morgan fingerprint density at radius 2 is 1.91 bits per heavy atom. The average Bonchev–Trinajstić information content (AvgIpc) is 2.70. The predicted octanol–water partition coefficient (Wildman–Crippen LogP) is 0.226. The van der Waals surface area contributed by atoms with Crippen molar-refractivity contribution in [3.8, 4) is 0 Å². The van der Waals surface area contributed by atoms with Crippen LogP contribution in [0.5, 0.6) is 0 Å². The number of amides is 2. The molecule has 3 fully saturated rings. The molecule has 0 atom stereocenters. The van der Waals surface area contributed by atoms with Crippen LogP contribution in [0.2, 0.25) is 0 Å². The number of nitrogens with zero attached hydrogens (tertiary/aromatic N) is 2. The Kier molecular flexibility index (Phi) is 4.68. The minimum atomic E-state index is -0.414. The van der Waals surface area contributed by atoms with Crippen molar-refractivity contribution < 1.29 is 14.3 Å². The highest BCUT2D eigenvalue weighted by Crippen LogP contribution is 2.31. The molecule has 3 aliphatic heterocycles. The topological polar surface area (TPSA) is 61.9 Å². The summed E-state index contributed by atoms with van der Waals surface area (Å²) < 4.78 is 5.34. The molecule has 3 saturated heterocycles. The lowest BCUT2D eigenvalue weighted by Gasteiger charge is -2.45. The van der Waals surface area contributed by atoms with Gasteiger partial charge in [-0.05, 0) is 39.2 Å². The molecule has 6 heteroatoms. The highest BCUT2D eigenvalue weighted by molar-refractivity contribution is 5.87. The van der Waals surface area contributed by atoms with Crippen molar-refractivity contribution in [1.82, 2.24) is 15.1 Å². The van der Waals surface area contributed by atoms with E-state index in [9.17, 15) is 9.59 Å². The molecule has 0 bridgehead atoms. The largest absolute Gasteiger partial charge is 0.381 e. The van der Waals surface area contributed by atoms with Crippen molar-refractivity contribution in [2.45, 2.75) is 37.6 Å². The van der Waals surface area contributed by atoms with Gasteiger partial charge in [-0.1, -0.05) is 0 Å². The van der Waals surface area contributed by atoms with Gasteiger partial charge in [-0.15, -0.1) is 0 Å². The third-order valence-corrected chi connectivity index (χ3v) is 5.58. The van der Waals surface area contributed by atoms with Gasteiger partial charge >= 0.3 is 0 Å². The van der Waals surface area contributed by atoms with Gasteiger partial charge in [0.05, 0.1) is 0 Å². The van der Waals surface area contributed by atoms with E-state index in [1.807, 2.05) is 11.9 Å². The third-order valence-electron chi connectivity index (χ3n) is 5.58. The van der Waals surface area contributed by atoms with Crippen LogP contribution in [0.15, 0.2) is 0 Å². The molecule has 0 aromatic carbocycles. The Bertz CT molecular complexity index is 426. The smallest absolute Gasteiger partial charge is 0.240 e. The van der Waals surface area contributed by atoms with Gasteiger partial charge in [0, 0.05) is 45.3 Å². The zero-order chi connectivity index (χ0) is 15.6. The molecule has 3 aliphatic rings. The van der Waals surface area contributed by atoms with Crippen molar-refractivity contribution >= 4 is 11.8 Å². The lowest BCUT2D eigenvalue weighted by molar-refractivity contribution is -0.145. The minimum absolute atomic E-state index is 0.114. The average molecular weight is 309 g/mol. The SMILES string of the molecule is CN1CCCNC(=O)C12CCN(C(=O)C1CCOCC1)CC2. The summed E-state index contributed by atoms with van der Waals surface area (Å²) in [5, 5.41) is 3.04. The molecule has 3 rings (SSSR count). The number of hydrogen-bond acceptors (Lipinski definition) is 4. The van der Waals surface area contributed by atoms with Crippen LogP contribution in [-0.4, -0.2) is 73.6 Å². The number of carbonyl (C=O) groups is 2. The molecule has 124 valence electrons. The van der Waals surface area contributed by atoms with Crippen LogP contribution in [0.3, 0.4) is 0 Å². The lowest BCUT2D eigenvalue weighted by atomic mass is 9.84. The van der Waals surface area contributed by atoms with Gasteiger partial charge in [-0.25, -0.2) is 0 Å². The quantitative estimate of drug-likeness (QED) is 0.753. The molecule has 0 saturated carbocycles. The van der Waals surface area contributed by atoms with Crippen molar-refractivity contribution in [3.63, 3.8) is 0 Å². The van der Waals surface area contributed by atoms with Gasteiger partial charge in [0.25, 0.3) is 0 Å². The highest BCUT2D eigenvalue weighted by atomic mass is 16.5. The summed E-state index contributed by atoms with van der Waals surface area (Å²) in [6.07, 6.45) is 4.14. The third kappa shape index (κ3) is 2.86. The number of likely N-dealkylation sites (tertiary alicyclic amines) is 1. The maximum Gasteiger partial charge on any atom is 0.240 e. The van der Waals surface area contributed by atoms with Crippen LogP contribution in [0.4, 0.5) is 0 Å². The fourth-order valence-corrected chi connectivity index (χ4v) is 3.98. The van der Waals surface area contributed by atoms with Crippen LogP contribution in [0.1, 0.15) is 32.1 Å². The van der Waals surface area contributed by atoms with E-state index in [1.54, 1.807) is 0 Å². The van der Waals surface area contributed by atoms with Gasteiger partial charge < -0.3 is 15.0 Å². The molecule has 0 aromatic heterocycles. The van der Waals surface area contributed by atoms with E-state index in [2.05, 4.69) is 10.2 Å². The van der Waals surface area contributed by atoms with Gasteiger partial charge in [0.1, 0.15) is 5.54 Å². The molecule has 2 amide bonds. The van der Waals surface area contributed by atoms with Crippen LogP contribution >= 0.6 is 0 Å². The Labute approximate surface area is 132 Å². The zero-order valence-corrected chi connectivity index (χ0v) is 13.5. The molecule has 0 aliphatic carbocycles. The first-order valence-electron chi connectivity index (χ1n) is 8.49. The molecular formula is C16H27N3O3. The monoisotopic (exact) mass is 309 g/mol. The normalized spacial score (nSPS) is 27.5. The predicted molar refractivity (Wildman–Crippen MR) is 82.3 cm³/mol. The van der Waals surface area contributed by atoms with Gasteiger partial charge in [0.15, 0.2) is 0 Å². The molecular weight excluding hydrogens is 282 g/mol. The van der Waals surface area contributed by atoms with Crippen molar-refractivity contribution in [2.75, 3.05) is 46.4 Å². The maximum absolute atomic E-state index is 12.6. The van der Waals surface area contributed by atoms with E-state index in [0.29, 0.717) is 26.3 Å². The van der Waals surface area contributed by atoms with Crippen molar-refractivity contribution in [3.05, 3.63) is 0 Å². The number of nitrogens with one attached hydrogen (secondary N) is 1. The van der Waals surface area contributed by atoms with E-state index in [4.69, 9.17) is 4.74 Å². The fraction of sp³-hybridized carbons (Fsp3) is 0.875. The van der Waals surface area contributed by atoms with Crippen LogP contribution in [0.25, 0.3) is 0 Å². The van der Waals surface area contributed by atoms with E-state index in [0.717, 1.165) is 45.2 Å². The molecule has 1 spiro atoms. The van der Waals surface area contributed by atoms with Gasteiger partial charge in [-0.2, -0.15) is 0 Å². The second-order valence-electron chi connectivity index (χ2n) is 6.77. The zero-order valence-electron chi connectivity index (χ0n) is 13.5. The Morgan fingerprint density at radius 1 is 1.23 bits per heavy atom. The molecule has 0 unspecified atom stereocenters. The summed E-state index contributed by atoms with van der Waals surface area (Å²) in [7, 11) is 2.04. The van der Waals surface area contributed by atoms with E-state index in [-0.39, 0.29) is 17.7 Å². The first kappa shape index (κ1) is 15.7. The van der Waals surface area contributed by atoms with Crippen molar-refractivity contribution in [2.24, 2.45) is 5.92 Å².